The van der Waals surface area contributed by atoms with E-state index < -0.39 is 12.2 Å². The molecule has 1 aliphatic carbocycles. The Bertz CT molecular complexity index is 760. The van der Waals surface area contributed by atoms with Gasteiger partial charge in [-0.3, -0.25) is 0 Å². The van der Waals surface area contributed by atoms with Gasteiger partial charge in [0, 0.05) is 19.6 Å². The van der Waals surface area contributed by atoms with Gasteiger partial charge in [0.2, 0.25) is 0 Å². The van der Waals surface area contributed by atoms with Crippen molar-refractivity contribution in [2.24, 2.45) is 11.8 Å². The summed E-state index contributed by atoms with van der Waals surface area (Å²) in [6, 6.07) is 18.4. The average Bonchev–Trinajstić information content (AvgIpc) is 3.10. The lowest BCUT2D eigenvalue weighted by atomic mass is 9.79. The molecule has 1 aliphatic heterocycles. The number of fused-ring (bicyclic) bond motifs is 1. The molecule has 4 rings (SSSR count). The summed E-state index contributed by atoms with van der Waals surface area (Å²) in [7, 11) is 0. The molecule has 0 spiro atoms. The van der Waals surface area contributed by atoms with Gasteiger partial charge in [0.1, 0.15) is 0 Å². The molecule has 2 aliphatic rings. The molecule has 4 atom stereocenters. The van der Waals surface area contributed by atoms with Gasteiger partial charge < -0.3 is 20.4 Å². The fraction of sp³-hybridized carbons (Fsp3) is 0.409. The molecule has 5 nitrogen and oxygen atoms in total. The second kappa shape index (κ2) is 7.71. The minimum Gasteiger partial charge on any atom is -0.390 e. The molecule has 2 aromatic carbocycles. The maximum atomic E-state index is 12.5. The first-order valence-corrected chi connectivity index (χ1v) is 9.63. The number of rotatable bonds is 3. The highest BCUT2D eigenvalue weighted by molar-refractivity contribution is 5.74. The van der Waals surface area contributed by atoms with Crippen LogP contribution in [-0.4, -0.2) is 46.4 Å². The third-order valence-electron chi connectivity index (χ3n) is 5.90. The van der Waals surface area contributed by atoms with Crippen LogP contribution in [0.3, 0.4) is 0 Å². The Kier molecular flexibility index (Phi) is 5.14. The normalized spacial score (nSPS) is 27.3. The van der Waals surface area contributed by atoms with Crippen LogP contribution in [-0.2, 0) is 6.54 Å². The number of hydrogen-bond acceptors (Lipinski definition) is 3. The predicted molar refractivity (Wildman–Crippen MR) is 104 cm³/mol. The van der Waals surface area contributed by atoms with Crippen molar-refractivity contribution in [1.82, 2.24) is 10.2 Å². The SMILES string of the molecule is O=C(NCc1ccc(-c2ccccc2)cc1)N1C[C@H]2C[C@H](O)[C@H](O)C[C@H]2C1. The topological polar surface area (TPSA) is 72.8 Å². The Balaban J connectivity index is 1.31. The Labute approximate surface area is 159 Å². The van der Waals surface area contributed by atoms with Crippen LogP contribution < -0.4 is 5.32 Å². The molecule has 0 aromatic heterocycles. The molecule has 1 saturated heterocycles. The van der Waals surface area contributed by atoms with Crippen LogP contribution in [0.5, 0.6) is 0 Å². The molecule has 27 heavy (non-hydrogen) atoms. The molecule has 2 fully saturated rings. The van der Waals surface area contributed by atoms with E-state index in [4.69, 9.17) is 0 Å². The molecule has 2 amide bonds. The van der Waals surface area contributed by atoms with E-state index in [1.807, 2.05) is 35.2 Å². The number of nitrogens with zero attached hydrogens (tertiary/aromatic N) is 1. The lowest BCUT2D eigenvalue weighted by molar-refractivity contribution is -0.0372. The maximum absolute atomic E-state index is 12.5. The van der Waals surface area contributed by atoms with E-state index in [9.17, 15) is 15.0 Å². The van der Waals surface area contributed by atoms with Crippen molar-refractivity contribution in [3.63, 3.8) is 0 Å². The number of urea groups is 1. The molecular formula is C22H26N2O3. The summed E-state index contributed by atoms with van der Waals surface area (Å²) in [5, 5.41) is 22.7. The van der Waals surface area contributed by atoms with Crippen LogP contribution in [0, 0.1) is 11.8 Å². The first-order chi connectivity index (χ1) is 13.1. The molecule has 0 bridgehead atoms. The predicted octanol–water partition coefficient (Wildman–Crippen LogP) is 2.63. The van der Waals surface area contributed by atoms with Crippen LogP contribution in [0.4, 0.5) is 4.79 Å². The number of amides is 2. The fourth-order valence-electron chi connectivity index (χ4n) is 4.31. The number of carbonyl (C=O) groups is 1. The number of benzene rings is 2. The van der Waals surface area contributed by atoms with Gasteiger partial charge in [0.15, 0.2) is 0 Å². The average molecular weight is 366 g/mol. The number of aliphatic hydroxyl groups is 2. The first-order valence-electron chi connectivity index (χ1n) is 9.63. The van der Waals surface area contributed by atoms with E-state index in [0.29, 0.717) is 44.3 Å². The minimum atomic E-state index is -0.655. The lowest BCUT2D eigenvalue weighted by Crippen LogP contribution is -2.38. The lowest BCUT2D eigenvalue weighted by Gasteiger charge is -2.31. The van der Waals surface area contributed by atoms with Gasteiger partial charge in [-0.25, -0.2) is 4.79 Å². The van der Waals surface area contributed by atoms with Crippen molar-refractivity contribution in [1.29, 1.82) is 0 Å². The number of carbonyl (C=O) groups excluding carboxylic acids is 1. The molecule has 1 saturated carbocycles. The number of aliphatic hydroxyl groups excluding tert-OH is 2. The molecular weight excluding hydrogens is 340 g/mol. The molecule has 142 valence electrons. The van der Waals surface area contributed by atoms with Gasteiger partial charge in [-0.2, -0.15) is 0 Å². The van der Waals surface area contributed by atoms with Gasteiger partial charge in [0.05, 0.1) is 12.2 Å². The van der Waals surface area contributed by atoms with Gasteiger partial charge in [-0.05, 0) is 41.4 Å². The van der Waals surface area contributed by atoms with E-state index in [-0.39, 0.29) is 6.03 Å². The van der Waals surface area contributed by atoms with Crippen LogP contribution >= 0.6 is 0 Å². The van der Waals surface area contributed by atoms with Crippen LogP contribution in [0.15, 0.2) is 54.6 Å². The van der Waals surface area contributed by atoms with Gasteiger partial charge in [-0.15, -0.1) is 0 Å². The number of nitrogens with one attached hydrogen (secondary N) is 1. The second-order valence-electron chi connectivity index (χ2n) is 7.75. The summed E-state index contributed by atoms with van der Waals surface area (Å²) in [5.41, 5.74) is 3.40. The molecule has 1 heterocycles. The van der Waals surface area contributed by atoms with Gasteiger partial charge in [-0.1, -0.05) is 54.6 Å². The van der Waals surface area contributed by atoms with E-state index in [0.717, 1.165) is 11.1 Å². The summed E-state index contributed by atoms with van der Waals surface area (Å²) in [6.07, 6.45) is -0.151. The smallest absolute Gasteiger partial charge is 0.317 e. The summed E-state index contributed by atoms with van der Waals surface area (Å²) >= 11 is 0. The third kappa shape index (κ3) is 3.99. The van der Waals surface area contributed by atoms with Crippen molar-refractivity contribution in [2.45, 2.75) is 31.6 Å². The van der Waals surface area contributed by atoms with E-state index in [1.165, 1.54) is 5.56 Å². The van der Waals surface area contributed by atoms with Crippen LogP contribution in [0.1, 0.15) is 18.4 Å². The van der Waals surface area contributed by atoms with E-state index >= 15 is 0 Å². The summed E-state index contributed by atoms with van der Waals surface area (Å²) in [5.74, 6) is 0.582. The summed E-state index contributed by atoms with van der Waals surface area (Å²) in [6.45, 7) is 1.81. The van der Waals surface area contributed by atoms with Crippen LogP contribution in [0.25, 0.3) is 11.1 Å². The van der Waals surface area contributed by atoms with Gasteiger partial charge in [0.25, 0.3) is 0 Å². The molecule has 5 heteroatoms. The highest BCUT2D eigenvalue weighted by atomic mass is 16.3. The van der Waals surface area contributed by atoms with Crippen molar-refractivity contribution in [2.75, 3.05) is 13.1 Å². The third-order valence-corrected chi connectivity index (χ3v) is 5.90. The quantitative estimate of drug-likeness (QED) is 0.782. The fourth-order valence-corrected chi connectivity index (χ4v) is 4.31. The highest BCUT2D eigenvalue weighted by Gasteiger charge is 2.42. The molecule has 0 unspecified atom stereocenters. The van der Waals surface area contributed by atoms with Crippen molar-refractivity contribution < 1.29 is 15.0 Å². The Hall–Kier alpha value is -2.37. The van der Waals surface area contributed by atoms with Crippen molar-refractivity contribution in [3.05, 3.63) is 60.2 Å². The largest absolute Gasteiger partial charge is 0.390 e. The molecule has 2 aromatic rings. The Morgan fingerprint density at radius 3 is 2.04 bits per heavy atom. The van der Waals surface area contributed by atoms with Crippen LogP contribution in [0.2, 0.25) is 0 Å². The number of hydrogen-bond donors (Lipinski definition) is 3. The summed E-state index contributed by atoms with van der Waals surface area (Å²) < 4.78 is 0. The Morgan fingerprint density at radius 1 is 0.889 bits per heavy atom. The highest BCUT2D eigenvalue weighted by Crippen LogP contribution is 2.36. The van der Waals surface area contributed by atoms with Crippen molar-refractivity contribution in [3.8, 4) is 11.1 Å². The van der Waals surface area contributed by atoms with E-state index in [2.05, 4.69) is 29.6 Å². The minimum absolute atomic E-state index is 0.0690. The number of likely N-dealkylation sites (tertiary alicyclic amines) is 1. The standard InChI is InChI=1S/C22H26N2O3/c25-20-10-18-13-24(14-19(18)11-21(20)26)22(27)23-12-15-6-8-17(9-7-15)16-4-2-1-3-5-16/h1-9,18-21,25-26H,10-14H2,(H,23,27)/t18-,19+,20+,21-. The molecule has 0 radical (unpaired) electrons. The monoisotopic (exact) mass is 366 g/mol. The van der Waals surface area contributed by atoms with E-state index in [1.54, 1.807) is 0 Å². The van der Waals surface area contributed by atoms with Gasteiger partial charge >= 0.3 is 6.03 Å². The summed E-state index contributed by atoms with van der Waals surface area (Å²) in [4.78, 5) is 14.3. The zero-order chi connectivity index (χ0) is 18.8. The zero-order valence-electron chi connectivity index (χ0n) is 15.3. The molecule has 3 N–H and O–H groups in total. The first kappa shape index (κ1) is 18.0. The zero-order valence-corrected chi connectivity index (χ0v) is 15.3. The maximum Gasteiger partial charge on any atom is 0.317 e. The second-order valence-corrected chi connectivity index (χ2v) is 7.75. The Morgan fingerprint density at radius 2 is 1.44 bits per heavy atom. The van der Waals surface area contributed by atoms with Crippen molar-refractivity contribution >= 4 is 6.03 Å².